The van der Waals surface area contributed by atoms with E-state index in [1.165, 1.54) is 4.88 Å². The molecule has 8 nitrogen and oxygen atoms in total. The molecule has 0 amide bonds. The maximum Gasteiger partial charge on any atom is 0.124 e. The van der Waals surface area contributed by atoms with Gasteiger partial charge in [-0.15, -0.1) is 11.3 Å². The molecular formula is C28H27N7OS. The number of thiophene rings is 1. The van der Waals surface area contributed by atoms with Crippen LogP contribution in [-0.4, -0.2) is 41.5 Å². The van der Waals surface area contributed by atoms with E-state index in [1.54, 1.807) is 29.9 Å². The molecule has 6 aromatic rings. The van der Waals surface area contributed by atoms with Gasteiger partial charge in [0.1, 0.15) is 11.9 Å². The molecule has 0 spiro atoms. The summed E-state index contributed by atoms with van der Waals surface area (Å²) in [5.41, 5.74) is 6.96. The number of unbranched alkanes of at least 4 members (excludes halogenated alkanes) is 1. The number of hydrogen-bond acceptors (Lipinski definition) is 7. The number of aliphatic hydroxyl groups is 1. The van der Waals surface area contributed by atoms with Crippen molar-refractivity contribution in [2.75, 3.05) is 5.32 Å². The van der Waals surface area contributed by atoms with E-state index >= 15 is 0 Å². The summed E-state index contributed by atoms with van der Waals surface area (Å²) in [7, 11) is 0. The third-order valence-corrected chi connectivity index (χ3v) is 7.43. The van der Waals surface area contributed by atoms with Crippen molar-refractivity contribution in [2.24, 2.45) is 0 Å². The molecule has 0 aliphatic heterocycles. The summed E-state index contributed by atoms with van der Waals surface area (Å²) in [4.78, 5) is 19.6. The first-order valence-electron chi connectivity index (χ1n) is 12.4. The highest BCUT2D eigenvalue weighted by atomic mass is 32.1. The SMILES string of the molecule is CCCCC(O)Nc1cncc(-c2cc3c(-c4cc5c(-c6ccc(C)s6)nccc5[nH]4)n[nH]c3cn2)c1. The van der Waals surface area contributed by atoms with Crippen LogP contribution in [0.4, 0.5) is 5.69 Å². The number of aryl methyl sites for hydroxylation is 1. The van der Waals surface area contributed by atoms with Crippen LogP contribution in [-0.2, 0) is 0 Å². The molecule has 0 radical (unpaired) electrons. The number of anilines is 1. The number of nitrogens with one attached hydrogen (secondary N) is 3. The first-order valence-corrected chi connectivity index (χ1v) is 13.2. The topological polar surface area (TPSA) is 115 Å². The predicted octanol–water partition coefficient (Wildman–Crippen LogP) is 6.52. The Morgan fingerprint density at radius 3 is 2.73 bits per heavy atom. The van der Waals surface area contributed by atoms with Crippen LogP contribution in [0.2, 0.25) is 0 Å². The molecule has 0 fully saturated rings. The highest BCUT2D eigenvalue weighted by Crippen LogP contribution is 2.36. The van der Waals surface area contributed by atoms with Crippen molar-refractivity contribution in [3.63, 3.8) is 0 Å². The van der Waals surface area contributed by atoms with Gasteiger partial charge in [-0.2, -0.15) is 5.10 Å². The third kappa shape index (κ3) is 4.59. The predicted molar refractivity (Wildman–Crippen MR) is 149 cm³/mol. The number of fused-ring (bicyclic) bond motifs is 2. The largest absolute Gasteiger partial charge is 0.374 e. The van der Waals surface area contributed by atoms with Gasteiger partial charge in [-0.1, -0.05) is 13.3 Å². The highest BCUT2D eigenvalue weighted by Gasteiger charge is 2.16. The zero-order valence-corrected chi connectivity index (χ0v) is 21.4. The molecular weight excluding hydrogens is 482 g/mol. The average molecular weight is 510 g/mol. The van der Waals surface area contributed by atoms with Crippen LogP contribution in [0, 0.1) is 6.92 Å². The fraction of sp³-hybridized carbons (Fsp3) is 0.214. The van der Waals surface area contributed by atoms with Gasteiger partial charge >= 0.3 is 0 Å². The summed E-state index contributed by atoms with van der Waals surface area (Å²) < 4.78 is 0. The maximum atomic E-state index is 10.3. The van der Waals surface area contributed by atoms with E-state index in [0.717, 1.165) is 73.6 Å². The minimum absolute atomic E-state index is 0.604. The number of pyridine rings is 3. The van der Waals surface area contributed by atoms with E-state index in [1.807, 2.05) is 24.4 Å². The highest BCUT2D eigenvalue weighted by molar-refractivity contribution is 7.15. The van der Waals surface area contributed by atoms with Crippen molar-refractivity contribution in [2.45, 2.75) is 39.3 Å². The first kappa shape index (κ1) is 23.3. The Labute approximate surface area is 217 Å². The minimum Gasteiger partial charge on any atom is -0.374 e. The van der Waals surface area contributed by atoms with Crippen molar-refractivity contribution in [3.8, 4) is 33.2 Å². The molecule has 0 aromatic carbocycles. The van der Waals surface area contributed by atoms with Crippen molar-refractivity contribution in [3.05, 3.63) is 66.1 Å². The molecule has 6 rings (SSSR count). The number of aliphatic hydroxyl groups excluding tert-OH is 1. The van der Waals surface area contributed by atoms with Crippen LogP contribution in [0.15, 0.2) is 61.2 Å². The third-order valence-electron chi connectivity index (χ3n) is 6.42. The second kappa shape index (κ2) is 9.76. The number of nitrogens with zero attached hydrogens (tertiary/aromatic N) is 4. The monoisotopic (exact) mass is 509 g/mol. The Balaban J connectivity index is 1.36. The molecule has 0 aliphatic carbocycles. The second-order valence-corrected chi connectivity index (χ2v) is 10.5. The smallest absolute Gasteiger partial charge is 0.124 e. The Bertz CT molecular complexity index is 1700. The van der Waals surface area contributed by atoms with E-state index in [4.69, 9.17) is 0 Å². The molecule has 6 aromatic heterocycles. The van der Waals surface area contributed by atoms with Crippen molar-refractivity contribution >= 4 is 38.8 Å². The van der Waals surface area contributed by atoms with E-state index in [-0.39, 0.29) is 0 Å². The van der Waals surface area contributed by atoms with Gasteiger partial charge in [-0.05, 0) is 56.2 Å². The van der Waals surface area contributed by atoms with Crippen molar-refractivity contribution < 1.29 is 5.11 Å². The zero-order valence-electron chi connectivity index (χ0n) is 20.6. The molecule has 1 unspecified atom stereocenters. The lowest BCUT2D eigenvalue weighted by atomic mass is 10.1. The normalized spacial score (nSPS) is 12.4. The molecule has 0 saturated heterocycles. The van der Waals surface area contributed by atoms with Gasteiger partial charge in [0, 0.05) is 39.1 Å². The van der Waals surface area contributed by atoms with E-state index in [0.29, 0.717) is 6.42 Å². The number of hydrogen-bond donors (Lipinski definition) is 4. The summed E-state index contributed by atoms with van der Waals surface area (Å²) in [6.07, 6.45) is 9.21. The molecule has 1 atom stereocenters. The number of H-pyrrole nitrogens is 2. The van der Waals surface area contributed by atoms with Gasteiger partial charge in [0.15, 0.2) is 0 Å². The van der Waals surface area contributed by atoms with Gasteiger partial charge in [-0.3, -0.25) is 20.1 Å². The maximum absolute atomic E-state index is 10.3. The van der Waals surface area contributed by atoms with Gasteiger partial charge in [0.2, 0.25) is 0 Å². The van der Waals surface area contributed by atoms with Gasteiger partial charge in [0.05, 0.1) is 45.6 Å². The van der Waals surface area contributed by atoms with Crippen LogP contribution in [0.5, 0.6) is 0 Å². The number of rotatable bonds is 8. The van der Waals surface area contributed by atoms with Gasteiger partial charge in [-0.25, -0.2) is 0 Å². The summed E-state index contributed by atoms with van der Waals surface area (Å²) in [6.45, 7) is 4.21. The van der Waals surface area contributed by atoms with E-state index < -0.39 is 6.23 Å². The summed E-state index contributed by atoms with van der Waals surface area (Å²) in [5.74, 6) is 0. The van der Waals surface area contributed by atoms with Crippen molar-refractivity contribution in [1.82, 2.24) is 30.1 Å². The fourth-order valence-electron chi connectivity index (χ4n) is 4.54. The van der Waals surface area contributed by atoms with Crippen LogP contribution >= 0.6 is 11.3 Å². The van der Waals surface area contributed by atoms with Gasteiger partial charge < -0.3 is 15.4 Å². The quantitative estimate of drug-likeness (QED) is 0.174. The summed E-state index contributed by atoms with van der Waals surface area (Å²) in [6, 6.07) is 12.3. The molecule has 186 valence electrons. The molecule has 0 aliphatic rings. The molecule has 37 heavy (non-hydrogen) atoms. The Morgan fingerprint density at radius 1 is 1.00 bits per heavy atom. The molecule has 9 heteroatoms. The lowest BCUT2D eigenvalue weighted by Gasteiger charge is -2.14. The minimum atomic E-state index is -0.604. The molecule has 0 bridgehead atoms. The van der Waals surface area contributed by atoms with Crippen LogP contribution in [0.1, 0.15) is 31.1 Å². The average Bonchev–Trinajstić information content (AvgIpc) is 3.64. The standard InChI is InChI=1S/C28H27N7OS/c1-3-4-5-26(36)32-18-10-17(13-29-14-18)22-11-20-24(15-31-22)34-35-27(20)23-12-19-21(33-23)8-9-30-28(19)25-7-6-16(2)37-25/h6-15,26,32-33,36H,3-5H2,1-2H3,(H,34,35). The second-order valence-electron chi connectivity index (χ2n) is 9.17. The molecule has 0 saturated carbocycles. The molecule has 6 heterocycles. The lowest BCUT2D eigenvalue weighted by Crippen LogP contribution is -2.18. The Kier molecular flexibility index (Phi) is 6.15. The molecule has 4 N–H and O–H groups in total. The first-order chi connectivity index (χ1) is 18.1. The van der Waals surface area contributed by atoms with Crippen LogP contribution in [0.3, 0.4) is 0 Å². The van der Waals surface area contributed by atoms with Gasteiger partial charge in [0.25, 0.3) is 0 Å². The van der Waals surface area contributed by atoms with E-state index in [2.05, 4.69) is 67.5 Å². The van der Waals surface area contributed by atoms with Crippen molar-refractivity contribution in [1.29, 1.82) is 0 Å². The number of aromatic nitrogens is 6. The summed E-state index contributed by atoms with van der Waals surface area (Å²) in [5, 5.41) is 23.1. The summed E-state index contributed by atoms with van der Waals surface area (Å²) >= 11 is 1.74. The number of aromatic amines is 2. The van der Waals surface area contributed by atoms with E-state index in [9.17, 15) is 5.11 Å². The zero-order chi connectivity index (χ0) is 25.4. The Hall–Kier alpha value is -4.08. The Morgan fingerprint density at radius 2 is 1.89 bits per heavy atom. The van der Waals surface area contributed by atoms with Crippen LogP contribution < -0.4 is 5.32 Å². The fourth-order valence-corrected chi connectivity index (χ4v) is 5.42. The lowest BCUT2D eigenvalue weighted by molar-refractivity contribution is 0.190. The van der Waals surface area contributed by atoms with Crippen LogP contribution in [0.25, 0.3) is 55.0 Å².